The molecule has 1 saturated heterocycles. The third-order valence-electron chi connectivity index (χ3n) is 4.68. The molecule has 2 heterocycles. The lowest BCUT2D eigenvalue weighted by Gasteiger charge is -2.38. The topological polar surface area (TPSA) is 42.0 Å². The number of carbonyl (C=O) groups is 1. The second-order valence-corrected chi connectivity index (χ2v) is 5.98. The first kappa shape index (κ1) is 15.2. The zero-order chi connectivity index (χ0) is 15.5. The van der Waals surface area contributed by atoms with E-state index < -0.39 is 6.10 Å². The van der Waals surface area contributed by atoms with Crippen molar-refractivity contribution in [2.24, 2.45) is 0 Å². The Balaban J connectivity index is 1.60. The fourth-order valence-electron chi connectivity index (χ4n) is 3.17. The largest absolute Gasteiger partial charge is 0.485 e. The molecule has 1 atom stereocenters. The molecular formula is C17H24N2O3. The predicted molar refractivity (Wildman–Crippen MR) is 84.3 cm³/mol. The summed E-state index contributed by atoms with van der Waals surface area (Å²) in [7, 11) is 1.89. The van der Waals surface area contributed by atoms with Crippen molar-refractivity contribution in [2.75, 3.05) is 33.3 Å². The second-order valence-electron chi connectivity index (χ2n) is 5.98. The summed E-state index contributed by atoms with van der Waals surface area (Å²) >= 11 is 0. The van der Waals surface area contributed by atoms with Gasteiger partial charge in [0, 0.05) is 26.2 Å². The fourth-order valence-corrected chi connectivity index (χ4v) is 3.17. The lowest BCUT2D eigenvalue weighted by Crippen LogP contribution is -2.51. The highest BCUT2D eigenvalue weighted by atomic mass is 16.6. The van der Waals surface area contributed by atoms with Crippen LogP contribution in [0.15, 0.2) is 24.3 Å². The number of hydrogen-bond acceptors (Lipinski definition) is 4. The zero-order valence-corrected chi connectivity index (χ0v) is 13.3. The van der Waals surface area contributed by atoms with Crippen molar-refractivity contribution in [3.05, 3.63) is 24.3 Å². The molecule has 2 aliphatic rings. The van der Waals surface area contributed by atoms with Crippen LogP contribution in [0.3, 0.4) is 0 Å². The molecule has 0 N–H and O–H groups in total. The molecule has 0 aliphatic carbocycles. The normalized spacial score (nSPS) is 22.4. The number of para-hydroxylation sites is 2. The third kappa shape index (κ3) is 3.04. The highest BCUT2D eigenvalue weighted by Gasteiger charge is 2.33. The van der Waals surface area contributed by atoms with E-state index >= 15 is 0 Å². The van der Waals surface area contributed by atoms with Gasteiger partial charge in [0.1, 0.15) is 6.61 Å². The van der Waals surface area contributed by atoms with Crippen LogP contribution in [-0.4, -0.2) is 61.1 Å². The smallest absolute Gasteiger partial charge is 0.267 e. The lowest BCUT2D eigenvalue weighted by molar-refractivity contribution is -0.142. The molecule has 1 amide bonds. The van der Waals surface area contributed by atoms with Crippen molar-refractivity contribution in [1.29, 1.82) is 0 Å². The van der Waals surface area contributed by atoms with Crippen molar-refractivity contribution < 1.29 is 14.3 Å². The summed E-state index contributed by atoms with van der Waals surface area (Å²) < 4.78 is 11.5. The van der Waals surface area contributed by atoms with E-state index in [-0.39, 0.29) is 12.5 Å². The number of carbonyl (C=O) groups excluding carboxylic acids is 1. The molecule has 5 nitrogen and oxygen atoms in total. The van der Waals surface area contributed by atoms with E-state index in [1.54, 1.807) is 0 Å². The molecule has 120 valence electrons. The van der Waals surface area contributed by atoms with Crippen molar-refractivity contribution >= 4 is 5.91 Å². The average molecular weight is 304 g/mol. The summed E-state index contributed by atoms with van der Waals surface area (Å²) in [6, 6.07) is 7.79. The summed E-state index contributed by atoms with van der Waals surface area (Å²) in [5.41, 5.74) is 0. The second kappa shape index (κ2) is 6.57. The van der Waals surface area contributed by atoms with Crippen molar-refractivity contribution in [3.8, 4) is 11.5 Å². The maximum atomic E-state index is 12.7. The van der Waals surface area contributed by atoms with Gasteiger partial charge in [-0.05, 0) is 31.5 Å². The van der Waals surface area contributed by atoms with Gasteiger partial charge in [0.05, 0.1) is 0 Å². The Kier molecular flexibility index (Phi) is 4.52. The molecule has 0 bridgehead atoms. The molecule has 1 unspecified atom stereocenters. The van der Waals surface area contributed by atoms with E-state index in [4.69, 9.17) is 9.47 Å². The lowest BCUT2D eigenvalue weighted by atomic mass is 10.0. The number of piperidine rings is 1. The fraction of sp³-hybridized carbons (Fsp3) is 0.588. The Hall–Kier alpha value is -1.75. The van der Waals surface area contributed by atoms with Gasteiger partial charge in [0.2, 0.25) is 6.10 Å². The van der Waals surface area contributed by atoms with Crippen LogP contribution in [0, 0.1) is 0 Å². The number of benzene rings is 1. The number of ether oxygens (including phenoxy) is 2. The molecule has 3 rings (SSSR count). The van der Waals surface area contributed by atoms with E-state index in [0.717, 1.165) is 32.5 Å². The van der Waals surface area contributed by atoms with Crippen LogP contribution >= 0.6 is 0 Å². The van der Waals surface area contributed by atoms with Crippen molar-refractivity contribution in [2.45, 2.75) is 31.9 Å². The molecule has 0 radical (unpaired) electrons. The predicted octanol–water partition coefficient (Wildman–Crippen LogP) is 1.77. The van der Waals surface area contributed by atoms with Gasteiger partial charge in [-0.15, -0.1) is 0 Å². The SMILES string of the molecule is CCN1CCC(N(C)C(=O)C2COc3ccccc3O2)CC1. The summed E-state index contributed by atoms with van der Waals surface area (Å²) in [6.45, 7) is 5.67. The van der Waals surface area contributed by atoms with Crippen LogP contribution in [0.1, 0.15) is 19.8 Å². The van der Waals surface area contributed by atoms with E-state index in [0.29, 0.717) is 17.5 Å². The molecule has 22 heavy (non-hydrogen) atoms. The molecule has 5 heteroatoms. The highest BCUT2D eigenvalue weighted by Crippen LogP contribution is 2.31. The molecule has 0 saturated carbocycles. The third-order valence-corrected chi connectivity index (χ3v) is 4.68. The Bertz CT molecular complexity index is 526. The number of amides is 1. The van der Waals surface area contributed by atoms with Gasteiger partial charge in [0.25, 0.3) is 5.91 Å². The van der Waals surface area contributed by atoms with E-state index in [1.807, 2.05) is 36.2 Å². The minimum absolute atomic E-state index is 0.0180. The summed E-state index contributed by atoms with van der Waals surface area (Å²) in [5, 5.41) is 0. The summed E-state index contributed by atoms with van der Waals surface area (Å²) in [5.74, 6) is 1.39. The zero-order valence-electron chi connectivity index (χ0n) is 13.3. The number of likely N-dealkylation sites (tertiary alicyclic amines) is 1. The maximum Gasteiger partial charge on any atom is 0.267 e. The standard InChI is InChI=1S/C17H24N2O3/c1-3-19-10-8-13(9-11-19)18(2)17(20)16-12-21-14-6-4-5-7-15(14)22-16/h4-7,13,16H,3,8-12H2,1-2H3. The molecule has 0 spiro atoms. The number of likely N-dealkylation sites (N-methyl/N-ethyl adjacent to an activating group) is 1. The minimum atomic E-state index is -0.538. The van der Waals surface area contributed by atoms with E-state index in [2.05, 4.69) is 11.8 Å². The van der Waals surface area contributed by atoms with E-state index in [9.17, 15) is 4.79 Å². The number of rotatable bonds is 3. The van der Waals surface area contributed by atoms with Gasteiger partial charge in [-0.25, -0.2) is 0 Å². The van der Waals surface area contributed by atoms with Gasteiger partial charge in [-0.2, -0.15) is 0 Å². The van der Waals surface area contributed by atoms with Gasteiger partial charge < -0.3 is 19.3 Å². The molecule has 1 aromatic carbocycles. The Morgan fingerprint density at radius 2 is 1.95 bits per heavy atom. The molecule has 0 aromatic heterocycles. The van der Waals surface area contributed by atoms with Crippen LogP contribution in [0.2, 0.25) is 0 Å². The van der Waals surface area contributed by atoms with Crippen LogP contribution in [0.5, 0.6) is 11.5 Å². The van der Waals surface area contributed by atoms with Crippen LogP contribution in [0.25, 0.3) is 0 Å². The Labute approximate surface area is 131 Å². The van der Waals surface area contributed by atoms with Crippen LogP contribution in [-0.2, 0) is 4.79 Å². The molecule has 2 aliphatic heterocycles. The first-order valence-electron chi connectivity index (χ1n) is 8.06. The quantitative estimate of drug-likeness (QED) is 0.853. The maximum absolute atomic E-state index is 12.7. The Morgan fingerprint density at radius 3 is 2.64 bits per heavy atom. The molecule has 1 aromatic rings. The average Bonchev–Trinajstić information content (AvgIpc) is 2.60. The Morgan fingerprint density at radius 1 is 1.27 bits per heavy atom. The van der Waals surface area contributed by atoms with Crippen molar-refractivity contribution in [3.63, 3.8) is 0 Å². The number of fused-ring (bicyclic) bond motifs is 1. The first-order valence-corrected chi connectivity index (χ1v) is 8.06. The van der Waals surface area contributed by atoms with Gasteiger partial charge >= 0.3 is 0 Å². The van der Waals surface area contributed by atoms with Crippen LogP contribution < -0.4 is 9.47 Å². The van der Waals surface area contributed by atoms with Crippen molar-refractivity contribution in [1.82, 2.24) is 9.80 Å². The molecule has 1 fully saturated rings. The summed E-state index contributed by atoms with van der Waals surface area (Å²) in [4.78, 5) is 16.9. The van der Waals surface area contributed by atoms with Gasteiger partial charge in [0.15, 0.2) is 11.5 Å². The van der Waals surface area contributed by atoms with Gasteiger partial charge in [-0.3, -0.25) is 4.79 Å². The highest BCUT2D eigenvalue weighted by molar-refractivity contribution is 5.82. The van der Waals surface area contributed by atoms with Crippen LogP contribution in [0.4, 0.5) is 0 Å². The van der Waals surface area contributed by atoms with Gasteiger partial charge in [-0.1, -0.05) is 19.1 Å². The number of hydrogen-bond donors (Lipinski definition) is 0. The minimum Gasteiger partial charge on any atom is -0.485 e. The molecular weight excluding hydrogens is 280 g/mol. The van der Waals surface area contributed by atoms with E-state index in [1.165, 1.54) is 0 Å². The first-order chi connectivity index (χ1) is 10.7. The summed E-state index contributed by atoms with van der Waals surface area (Å²) in [6.07, 6.45) is 1.52. The number of nitrogens with zero attached hydrogens (tertiary/aromatic N) is 2. The monoisotopic (exact) mass is 304 g/mol.